The van der Waals surface area contributed by atoms with E-state index in [-0.39, 0.29) is 0 Å². The van der Waals surface area contributed by atoms with Crippen LogP contribution in [0, 0.1) is 12.8 Å². The minimum absolute atomic E-state index is 0.385. The molecule has 0 amide bonds. The van der Waals surface area contributed by atoms with Gasteiger partial charge in [0.15, 0.2) is 11.5 Å². The monoisotopic (exact) mass is 465 g/mol. The van der Waals surface area contributed by atoms with Gasteiger partial charge in [-0.05, 0) is 57.1 Å². The molecule has 0 aliphatic heterocycles. The lowest BCUT2D eigenvalue weighted by atomic mass is 9.96. The van der Waals surface area contributed by atoms with Crippen LogP contribution >= 0.6 is 0 Å². The van der Waals surface area contributed by atoms with Gasteiger partial charge in [-0.1, -0.05) is 13.0 Å². The second-order valence-corrected chi connectivity index (χ2v) is 9.55. The standard InChI is InChI=1S/C26H27N9/c1-15-7-21-23(22(8-15)35-12-16(2)28-14-35)31-26(30-21)25-24-20(32-33-25)6-5-19(29-24)18-9-17(10-27-11-18)13-34(3)4/h5-6,8-12,14-15H,7,13H2,1-4H3,(H,30,31)(H,32,33). The Balaban J connectivity index is 1.41. The van der Waals surface area contributed by atoms with Crippen LogP contribution in [0.25, 0.3) is 39.5 Å². The van der Waals surface area contributed by atoms with Gasteiger partial charge < -0.3 is 14.5 Å². The molecule has 5 aromatic rings. The first-order chi connectivity index (χ1) is 16.9. The van der Waals surface area contributed by atoms with Gasteiger partial charge in [-0.15, -0.1) is 0 Å². The van der Waals surface area contributed by atoms with Crippen molar-refractivity contribution < 1.29 is 0 Å². The zero-order valence-corrected chi connectivity index (χ0v) is 20.2. The average molecular weight is 466 g/mol. The number of aromatic amines is 2. The van der Waals surface area contributed by atoms with Gasteiger partial charge in [-0.25, -0.2) is 15.0 Å². The van der Waals surface area contributed by atoms with E-state index in [1.165, 1.54) is 0 Å². The molecule has 176 valence electrons. The summed E-state index contributed by atoms with van der Waals surface area (Å²) in [7, 11) is 4.10. The first-order valence-corrected chi connectivity index (χ1v) is 11.7. The molecule has 0 saturated heterocycles. The smallest absolute Gasteiger partial charge is 0.161 e. The summed E-state index contributed by atoms with van der Waals surface area (Å²) in [5.41, 5.74) is 9.38. The molecule has 2 N–H and O–H groups in total. The number of fused-ring (bicyclic) bond motifs is 2. The maximum absolute atomic E-state index is 4.98. The SMILES string of the molecule is Cc1cn(C2=CC(C)Cc3[nH]c(-c4n[nH]c5ccc(-c6cncc(CN(C)C)c6)nc45)nc32)cn1. The van der Waals surface area contributed by atoms with Crippen LogP contribution in [0.2, 0.25) is 0 Å². The predicted molar refractivity (Wildman–Crippen MR) is 135 cm³/mol. The van der Waals surface area contributed by atoms with Crippen LogP contribution in [0.15, 0.2) is 49.2 Å². The molecule has 0 spiro atoms. The summed E-state index contributed by atoms with van der Waals surface area (Å²) in [5.74, 6) is 1.10. The van der Waals surface area contributed by atoms with E-state index in [0.29, 0.717) is 17.4 Å². The number of H-pyrrole nitrogens is 2. The van der Waals surface area contributed by atoms with E-state index in [2.05, 4.69) is 49.1 Å². The Hall–Kier alpha value is -4.11. The van der Waals surface area contributed by atoms with Crippen molar-refractivity contribution >= 4 is 16.7 Å². The molecule has 0 bridgehead atoms. The second kappa shape index (κ2) is 8.28. The Morgan fingerprint density at radius 1 is 1.14 bits per heavy atom. The molecule has 0 fully saturated rings. The van der Waals surface area contributed by atoms with Crippen LogP contribution < -0.4 is 0 Å². The number of aryl methyl sites for hydroxylation is 1. The number of nitrogens with one attached hydrogen (secondary N) is 2. The third-order valence-corrected chi connectivity index (χ3v) is 6.20. The molecule has 0 aromatic carbocycles. The van der Waals surface area contributed by atoms with Gasteiger partial charge in [-0.2, -0.15) is 5.10 Å². The van der Waals surface area contributed by atoms with Crippen molar-refractivity contribution in [2.24, 2.45) is 5.92 Å². The molecule has 1 unspecified atom stereocenters. The van der Waals surface area contributed by atoms with Crippen molar-refractivity contribution in [2.75, 3.05) is 14.1 Å². The van der Waals surface area contributed by atoms with Crippen LogP contribution in [-0.2, 0) is 13.0 Å². The maximum Gasteiger partial charge on any atom is 0.161 e. The fourth-order valence-corrected chi connectivity index (χ4v) is 4.68. The zero-order chi connectivity index (χ0) is 24.1. The van der Waals surface area contributed by atoms with Crippen molar-refractivity contribution in [1.82, 2.24) is 44.6 Å². The van der Waals surface area contributed by atoms with Gasteiger partial charge in [0.1, 0.15) is 11.2 Å². The van der Waals surface area contributed by atoms with Crippen LogP contribution in [0.3, 0.4) is 0 Å². The van der Waals surface area contributed by atoms with Gasteiger partial charge in [0.05, 0.1) is 28.9 Å². The number of pyridine rings is 2. The van der Waals surface area contributed by atoms with Gasteiger partial charge >= 0.3 is 0 Å². The van der Waals surface area contributed by atoms with Crippen LogP contribution in [0.5, 0.6) is 0 Å². The Labute approximate surface area is 203 Å². The largest absolute Gasteiger partial charge is 0.340 e. The predicted octanol–water partition coefficient (Wildman–Crippen LogP) is 4.06. The third-order valence-electron chi connectivity index (χ3n) is 6.20. The zero-order valence-electron chi connectivity index (χ0n) is 20.2. The molecule has 0 saturated carbocycles. The van der Waals surface area contributed by atoms with Gasteiger partial charge in [-0.3, -0.25) is 10.1 Å². The first-order valence-electron chi connectivity index (χ1n) is 11.7. The third kappa shape index (κ3) is 3.93. The summed E-state index contributed by atoms with van der Waals surface area (Å²) in [4.78, 5) is 24.4. The summed E-state index contributed by atoms with van der Waals surface area (Å²) in [6.07, 6.45) is 10.8. The lowest BCUT2D eigenvalue weighted by molar-refractivity contribution is 0.402. The number of hydrogen-bond donors (Lipinski definition) is 2. The first kappa shape index (κ1) is 21.4. The van der Waals surface area contributed by atoms with Crippen LogP contribution in [0.1, 0.15) is 29.6 Å². The molecule has 9 nitrogen and oxygen atoms in total. The molecule has 9 heteroatoms. The number of nitrogens with zero attached hydrogens (tertiary/aromatic N) is 7. The summed E-state index contributed by atoms with van der Waals surface area (Å²) < 4.78 is 2.04. The molecule has 1 atom stereocenters. The van der Waals surface area contributed by atoms with E-state index >= 15 is 0 Å². The Morgan fingerprint density at radius 2 is 2.03 bits per heavy atom. The molecule has 35 heavy (non-hydrogen) atoms. The fraction of sp³-hybridized carbons (Fsp3) is 0.269. The van der Waals surface area contributed by atoms with E-state index in [4.69, 9.17) is 9.97 Å². The Morgan fingerprint density at radius 3 is 2.83 bits per heavy atom. The Bertz CT molecular complexity index is 1570. The van der Waals surface area contributed by atoms with Crippen molar-refractivity contribution in [3.05, 3.63) is 71.8 Å². The summed E-state index contributed by atoms with van der Waals surface area (Å²) in [6, 6.07) is 6.15. The number of aromatic nitrogens is 8. The summed E-state index contributed by atoms with van der Waals surface area (Å²) in [6.45, 7) is 5.03. The highest BCUT2D eigenvalue weighted by Crippen LogP contribution is 2.33. The van der Waals surface area contributed by atoms with Crippen LogP contribution in [0.4, 0.5) is 0 Å². The van der Waals surface area contributed by atoms with Crippen molar-refractivity contribution in [1.29, 1.82) is 0 Å². The van der Waals surface area contributed by atoms with E-state index in [9.17, 15) is 0 Å². The van der Waals surface area contributed by atoms with Crippen molar-refractivity contribution in [3.63, 3.8) is 0 Å². The molecule has 1 aliphatic carbocycles. The van der Waals surface area contributed by atoms with E-state index in [1.807, 2.05) is 62.6 Å². The number of imidazole rings is 2. The topological polar surface area (TPSA) is 104 Å². The minimum atomic E-state index is 0.385. The fourth-order valence-electron chi connectivity index (χ4n) is 4.68. The number of hydrogen-bond acceptors (Lipinski definition) is 6. The van der Waals surface area contributed by atoms with Gasteiger partial charge in [0, 0.05) is 36.4 Å². The van der Waals surface area contributed by atoms with E-state index < -0.39 is 0 Å². The van der Waals surface area contributed by atoms with Crippen molar-refractivity contribution in [3.8, 4) is 22.8 Å². The highest BCUT2D eigenvalue weighted by molar-refractivity contribution is 5.89. The Kier molecular flexibility index (Phi) is 5.07. The highest BCUT2D eigenvalue weighted by atomic mass is 15.2. The summed E-state index contributed by atoms with van der Waals surface area (Å²) in [5, 5.41) is 7.69. The number of allylic oxidation sites excluding steroid dienone is 1. The quantitative estimate of drug-likeness (QED) is 0.406. The average Bonchev–Trinajstić information content (AvgIpc) is 3.55. The second-order valence-electron chi connectivity index (χ2n) is 9.55. The normalized spacial score (nSPS) is 15.6. The van der Waals surface area contributed by atoms with Crippen LogP contribution in [-0.4, -0.2) is 58.7 Å². The van der Waals surface area contributed by atoms with E-state index in [0.717, 1.165) is 63.6 Å². The molecule has 0 radical (unpaired) electrons. The lowest BCUT2D eigenvalue weighted by Gasteiger charge is -2.17. The lowest BCUT2D eigenvalue weighted by Crippen LogP contribution is -2.11. The molecule has 5 aromatic heterocycles. The highest BCUT2D eigenvalue weighted by Gasteiger charge is 2.25. The molecule has 1 aliphatic rings. The molecule has 5 heterocycles. The van der Waals surface area contributed by atoms with Crippen molar-refractivity contribution in [2.45, 2.75) is 26.8 Å². The molecule has 6 rings (SSSR count). The summed E-state index contributed by atoms with van der Waals surface area (Å²) >= 11 is 0. The molecular weight excluding hydrogens is 438 g/mol. The van der Waals surface area contributed by atoms with Gasteiger partial charge in [0.25, 0.3) is 0 Å². The van der Waals surface area contributed by atoms with E-state index in [1.54, 1.807) is 0 Å². The van der Waals surface area contributed by atoms with Gasteiger partial charge in [0.2, 0.25) is 0 Å². The molecular formula is C26H27N9. The maximum atomic E-state index is 4.98. The minimum Gasteiger partial charge on any atom is -0.340 e. The number of rotatable bonds is 5.